The first-order valence-corrected chi connectivity index (χ1v) is 3.84. The Kier molecular flexibility index (Phi) is 4.42. The van der Waals surface area contributed by atoms with Crippen LogP contribution >= 0.6 is 12.4 Å². The van der Waals surface area contributed by atoms with Crippen LogP contribution in [0.3, 0.4) is 0 Å². The van der Waals surface area contributed by atoms with Gasteiger partial charge in [0.15, 0.2) is 0 Å². The predicted molar refractivity (Wildman–Crippen MR) is 52.6 cm³/mol. The summed E-state index contributed by atoms with van der Waals surface area (Å²) in [5.74, 6) is -0.893. The number of halogens is 1. The maximum Gasteiger partial charge on any atom is 0.335 e. The molecule has 0 fully saturated rings. The molecule has 13 heavy (non-hydrogen) atoms. The molecule has 4 heteroatoms. The van der Waals surface area contributed by atoms with Crippen molar-refractivity contribution in [2.45, 2.75) is 20.3 Å². The average Bonchev–Trinajstić information content (AvgIpc) is 2.03. The number of hydrogen-bond donors (Lipinski definition) is 1. The summed E-state index contributed by atoms with van der Waals surface area (Å²) < 4.78 is 0. The lowest BCUT2D eigenvalue weighted by Crippen LogP contribution is -2.00. The van der Waals surface area contributed by atoms with Crippen LogP contribution in [0.4, 0.5) is 0 Å². The first kappa shape index (κ1) is 11.9. The molecule has 0 aromatic carbocycles. The van der Waals surface area contributed by atoms with E-state index in [2.05, 4.69) is 4.98 Å². The molecular formula is C9H12ClNO2. The van der Waals surface area contributed by atoms with Crippen LogP contribution < -0.4 is 0 Å². The van der Waals surface area contributed by atoms with Crippen molar-refractivity contribution in [1.29, 1.82) is 0 Å². The van der Waals surface area contributed by atoms with Crippen LogP contribution in [0.15, 0.2) is 12.1 Å². The fourth-order valence-corrected chi connectivity index (χ4v) is 1.04. The summed E-state index contributed by atoms with van der Waals surface area (Å²) in [6.07, 6.45) is 0.766. The summed E-state index contributed by atoms with van der Waals surface area (Å²) >= 11 is 0. The molecule has 0 aliphatic rings. The third-order valence-electron chi connectivity index (χ3n) is 1.62. The van der Waals surface area contributed by atoms with Gasteiger partial charge >= 0.3 is 5.97 Å². The molecule has 1 N–H and O–H groups in total. The number of pyridine rings is 1. The van der Waals surface area contributed by atoms with Crippen molar-refractivity contribution in [1.82, 2.24) is 4.98 Å². The van der Waals surface area contributed by atoms with Crippen LogP contribution in [-0.4, -0.2) is 16.1 Å². The maximum absolute atomic E-state index is 10.6. The second-order valence-electron chi connectivity index (χ2n) is 2.65. The fraction of sp³-hybridized carbons (Fsp3) is 0.333. The molecule has 0 radical (unpaired) electrons. The number of rotatable bonds is 2. The Morgan fingerprint density at radius 1 is 1.54 bits per heavy atom. The summed E-state index contributed by atoms with van der Waals surface area (Å²) in [7, 11) is 0. The van der Waals surface area contributed by atoms with E-state index in [1.807, 2.05) is 6.92 Å². The normalized spacial score (nSPS) is 9.08. The van der Waals surface area contributed by atoms with E-state index < -0.39 is 5.97 Å². The molecule has 0 aliphatic heterocycles. The first-order chi connectivity index (χ1) is 5.63. The van der Waals surface area contributed by atoms with Crippen molar-refractivity contribution in [2.24, 2.45) is 0 Å². The Labute approximate surface area is 83.2 Å². The van der Waals surface area contributed by atoms with Gasteiger partial charge in [-0.15, -0.1) is 12.4 Å². The minimum Gasteiger partial charge on any atom is -0.478 e. The molecule has 1 aromatic heterocycles. The summed E-state index contributed by atoms with van der Waals surface area (Å²) in [5.41, 5.74) is 1.90. The number of nitrogens with zero attached hydrogens (tertiary/aromatic N) is 1. The second kappa shape index (κ2) is 4.82. The second-order valence-corrected chi connectivity index (χ2v) is 2.65. The molecule has 0 saturated carbocycles. The molecule has 3 nitrogen and oxygen atoms in total. The molecule has 72 valence electrons. The van der Waals surface area contributed by atoms with Gasteiger partial charge < -0.3 is 5.11 Å². The Morgan fingerprint density at radius 2 is 2.15 bits per heavy atom. The zero-order valence-corrected chi connectivity index (χ0v) is 8.39. The van der Waals surface area contributed by atoms with Crippen molar-refractivity contribution in [3.05, 3.63) is 29.1 Å². The Balaban J connectivity index is 0.00000144. The Bertz CT molecular complexity index is 312. The van der Waals surface area contributed by atoms with Crippen molar-refractivity contribution in [2.75, 3.05) is 0 Å². The molecule has 0 aliphatic carbocycles. The highest BCUT2D eigenvalue weighted by Gasteiger charge is 2.04. The Hall–Kier alpha value is -1.09. The number of aromatic carboxylic acids is 1. The molecule has 0 unspecified atom stereocenters. The van der Waals surface area contributed by atoms with E-state index in [1.54, 1.807) is 19.1 Å². The van der Waals surface area contributed by atoms with Crippen molar-refractivity contribution < 1.29 is 9.90 Å². The van der Waals surface area contributed by atoms with E-state index in [-0.39, 0.29) is 12.4 Å². The van der Waals surface area contributed by atoms with E-state index in [0.717, 1.165) is 17.8 Å². The third kappa shape index (κ3) is 3.03. The quantitative estimate of drug-likeness (QED) is 0.797. The van der Waals surface area contributed by atoms with Gasteiger partial charge in [-0.1, -0.05) is 6.92 Å². The largest absolute Gasteiger partial charge is 0.478 e. The smallest absolute Gasteiger partial charge is 0.335 e. The number of carbonyl (C=O) groups is 1. The molecule has 0 bridgehead atoms. The lowest BCUT2D eigenvalue weighted by Gasteiger charge is -2.00. The lowest BCUT2D eigenvalue weighted by molar-refractivity contribution is 0.0696. The van der Waals surface area contributed by atoms with Crippen LogP contribution in [0.5, 0.6) is 0 Å². The molecule has 1 heterocycles. The zero-order chi connectivity index (χ0) is 9.14. The SMILES string of the molecule is CCc1cc(C(=O)O)cc(C)n1.Cl. The van der Waals surface area contributed by atoms with E-state index >= 15 is 0 Å². The monoisotopic (exact) mass is 201 g/mol. The Morgan fingerprint density at radius 3 is 2.62 bits per heavy atom. The van der Waals surface area contributed by atoms with Gasteiger partial charge in [0.25, 0.3) is 0 Å². The van der Waals surface area contributed by atoms with Gasteiger partial charge in [-0.05, 0) is 25.5 Å². The van der Waals surface area contributed by atoms with E-state index in [1.165, 1.54) is 0 Å². The minimum atomic E-state index is -0.893. The highest BCUT2D eigenvalue weighted by Crippen LogP contribution is 2.05. The van der Waals surface area contributed by atoms with Crippen molar-refractivity contribution >= 4 is 18.4 Å². The van der Waals surface area contributed by atoms with Crippen molar-refractivity contribution in [3.63, 3.8) is 0 Å². The highest BCUT2D eigenvalue weighted by molar-refractivity contribution is 5.87. The molecule has 0 saturated heterocycles. The van der Waals surface area contributed by atoms with Crippen molar-refractivity contribution in [3.8, 4) is 0 Å². The van der Waals surface area contributed by atoms with E-state index in [4.69, 9.17) is 5.11 Å². The standard InChI is InChI=1S/C9H11NO2.ClH/c1-3-8-5-7(9(11)12)4-6(2)10-8;/h4-5H,3H2,1-2H3,(H,11,12);1H. The highest BCUT2D eigenvalue weighted by atomic mass is 35.5. The lowest BCUT2D eigenvalue weighted by atomic mass is 10.2. The average molecular weight is 202 g/mol. The third-order valence-corrected chi connectivity index (χ3v) is 1.62. The van der Waals surface area contributed by atoms with Crippen LogP contribution in [0.25, 0.3) is 0 Å². The number of hydrogen-bond acceptors (Lipinski definition) is 2. The van der Waals surface area contributed by atoms with Crippen LogP contribution in [0.2, 0.25) is 0 Å². The van der Waals surface area contributed by atoms with Crippen LogP contribution in [-0.2, 0) is 6.42 Å². The summed E-state index contributed by atoms with van der Waals surface area (Å²) in [5, 5.41) is 8.70. The molecule has 1 aromatic rings. The van der Waals surface area contributed by atoms with Gasteiger partial charge in [0.2, 0.25) is 0 Å². The summed E-state index contributed by atoms with van der Waals surface area (Å²) in [4.78, 5) is 14.8. The van der Waals surface area contributed by atoms with Gasteiger partial charge in [-0.3, -0.25) is 4.98 Å². The fourth-order valence-electron chi connectivity index (χ4n) is 1.04. The zero-order valence-electron chi connectivity index (χ0n) is 7.57. The number of carboxylic acids is 1. The van der Waals surface area contributed by atoms with Crippen LogP contribution in [0, 0.1) is 6.92 Å². The van der Waals surface area contributed by atoms with Gasteiger partial charge in [0.1, 0.15) is 0 Å². The van der Waals surface area contributed by atoms with E-state index in [0.29, 0.717) is 5.56 Å². The van der Waals surface area contributed by atoms with Gasteiger partial charge in [-0.2, -0.15) is 0 Å². The first-order valence-electron chi connectivity index (χ1n) is 3.84. The number of aromatic nitrogens is 1. The molecule has 0 spiro atoms. The van der Waals surface area contributed by atoms with Gasteiger partial charge in [0.05, 0.1) is 5.56 Å². The minimum absolute atomic E-state index is 0. The van der Waals surface area contributed by atoms with Gasteiger partial charge in [-0.25, -0.2) is 4.79 Å². The molecule has 0 amide bonds. The van der Waals surface area contributed by atoms with Crippen LogP contribution in [0.1, 0.15) is 28.7 Å². The summed E-state index contributed by atoms with van der Waals surface area (Å²) in [6, 6.07) is 3.18. The number of carboxylic acid groups (broad SMARTS) is 1. The maximum atomic E-state index is 10.6. The molecule has 0 atom stereocenters. The molecule has 1 rings (SSSR count). The predicted octanol–water partition coefficient (Wildman–Crippen LogP) is 2.07. The van der Waals surface area contributed by atoms with Gasteiger partial charge in [0, 0.05) is 11.4 Å². The molecular weight excluding hydrogens is 190 g/mol. The topological polar surface area (TPSA) is 50.2 Å². The van der Waals surface area contributed by atoms with E-state index in [9.17, 15) is 4.79 Å². The number of aryl methyl sites for hydroxylation is 2. The summed E-state index contributed by atoms with van der Waals surface area (Å²) in [6.45, 7) is 3.75.